The van der Waals surface area contributed by atoms with Crippen molar-refractivity contribution in [1.29, 1.82) is 0 Å². The standard InChI is InChI=1S/C13H9ClN4OS3/c14-9-4-2-1-3-8(9)10-5-20-12(16-10)17-11(19)6-21-13-18-15-7-22-13/h1-5,7H,6H2,(H,16,17,19). The van der Waals surface area contributed by atoms with Crippen molar-refractivity contribution >= 4 is 57.1 Å². The van der Waals surface area contributed by atoms with Gasteiger partial charge in [0, 0.05) is 16.0 Å². The third kappa shape index (κ3) is 3.83. The molecule has 0 saturated carbocycles. The first-order valence-corrected chi connectivity index (χ1v) is 9.24. The number of halogens is 1. The first-order valence-electron chi connectivity index (χ1n) is 6.11. The Hall–Kier alpha value is -1.48. The number of hydrogen-bond acceptors (Lipinski definition) is 7. The first kappa shape index (κ1) is 15.4. The summed E-state index contributed by atoms with van der Waals surface area (Å²) in [6.45, 7) is 0. The van der Waals surface area contributed by atoms with Crippen molar-refractivity contribution in [3.63, 3.8) is 0 Å². The molecule has 112 valence electrons. The Balaban J connectivity index is 1.62. The molecular weight excluding hydrogens is 360 g/mol. The van der Waals surface area contributed by atoms with Gasteiger partial charge in [-0.25, -0.2) is 4.98 Å². The number of thiazole rings is 1. The van der Waals surface area contributed by atoms with E-state index in [0.717, 1.165) is 15.6 Å². The molecule has 1 amide bonds. The number of anilines is 1. The van der Waals surface area contributed by atoms with Crippen LogP contribution >= 0.6 is 46.0 Å². The van der Waals surface area contributed by atoms with Gasteiger partial charge in [0.1, 0.15) is 5.51 Å². The maximum Gasteiger partial charge on any atom is 0.236 e. The molecule has 22 heavy (non-hydrogen) atoms. The van der Waals surface area contributed by atoms with Gasteiger partial charge in [-0.05, 0) is 6.07 Å². The lowest BCUT2D eigenvalue weighted by Gasteiger charge is -2.00. The second-order valence-corrected chi connectivity index (χ2v) is 7.38. The molecule has 0 saturated heterocycles. The maximum atomic E-state index is 11.9. The number of thioether (sulfide) groups is 1. The Morgan fingerprint density at radius 1 is 1.32 bits per heavy atom. The quantitative estimate of drug-likeness (QED) is 0.688. The van der Waals surface area contributed by atoms with Crippen LogP contribution in [0.25, 0.3) is 11.3 Å². The molecule has 0 spiro atoms. The van der Waals surface area contributed by atoms with Gasteiger partial charge < -0.3 is 5.32 Å². The molecule has 0 aliphatic rings. The summed E-state index contributed by atoms with van der Waals surface area (Å²) >= 11 is 10.3. The van der Waals surface area contributed by atoms with Crippen molar-refractivity contribution in [2.45, 2.75) is 4.34 Å². The fourth-order valence-electron chi connectivity index (χ4n) is 1.63. The van der Waals surface area contributed by atoms with Gasteiger partial charge in [-0.2, -0.15) is 0 Å². The Kier molecular flexibility index (Phi) is 5.04. The molecule has 1 aromatic carbocycles. The average Bonchev–Trinajstić information content (AvgIpc) is 3.17. The van der Waals surface area contributed by atoms with Gasteiger partial charge in [-0.3, -0.25) is 4.79 Å². The predicted molar refractivity (Wildman–Crippen MR) is 91.8 cm³/mol. The van der Waals surface area contributed by atoms with E-state index >= 15 is 0 Å². The number of amides is 1. The Morgan fingerprint density at radius 3 is 2.95 bits per heavy atom. The first-order chi connectivity index (χ1) is 10.7. The van der Waals surface area contributed by atoms with E-state index in [1.807, 2.05) is 29.6 Å². The fraction of sp³-hybridized carbons (Fsp3) is 0.0769. The molecular formula is C13H9ClN4OS3. The molecule has 5 nitrogen and oxygen atoms in total. The summed E-state index contributed by atoms with van der Waals surface area (Å²) in [6.07, 6.45) is 0. The van der Waals surface area contributed by atoms with Crippen LogP contribution in [-0.2, 0) is 4.79 Å². The number of benzene rings is 1. The van der Waals surface area contributed by atoms with Crippen molar-refractivity contribution in [2.24, 2.45) is 0 Å². The van der Waals surface area contributed by atoms with Crippen molar-refractivity contribution in [3.8, 4) is 11.3 Å². The molecule has 0 aliphatic carbocycles. The highest BCUT2D eigenvalue weighted by Crippen LogP contribution is 2.30. The van der Waals surface area contributed by atoms with Crippen LogP contribution in [0.2, 0.25) is 5.02 Å². The van der Waals surface area contributed by atoms with E-state index in [9.17, 15) is 4.79 Å². The highest BCUT2D eigenvalue weighted by atomic mass is 35.5. The summed E-state index contributed by atoms with van der Waals surface area (Å²) in [4.78, 5) is 16.3. The zero-order valence-electron chi connectivity index (χ0n) is 11.0. The number of nitrogens with zero attached hydrogens (tertiary/aromatic N) is 3. The lowest BCUT2D eigenvalue weighted by atomic mass is 10.2. The van der Waals surface area contributed by atoms with Crippen molar-refractivity contribution in [1.82, 2.24) is 15.2 Å². The molecule has 3 rings (SSSR count). The third-order valence-corrected chi connectivity index (χ3v) is 5.51. The minimum absolute atomic E-state index is 0.125. The van der Waals surface area contributed by atoms with Crippen LogP contribution in [0, 0.1) is 0 Å². The van der Waals surface area contributed by atoms with E-state index in [4.69, 9.17) is 11.6 Å². The van der Waals surface area contributed by atoms with E-state index in [1.54, 1.807) is 5.51 Å². The van der Waals surface area contributed by atoms with Gasteiger partial charge in [-0.1, -0.05) is 52.9 Å². The van der Waals surface area contributed by atoms with Crippen molar-refractivity contribution in [3.05, 3.63) is 40.2 Å². The number of aromatic nitrogens is 3. The van der Waals surface area contributed by atoms with Crippen LogP contribution in [-0.4, -0.2) is 26.8 Å². The van der Waals surface area contributed by atoms with Gasteiger partial charge in [0.15, 0.2) is 9.47 Å². The second kappa shape index (κ2) is 7.19. The third-order valence-electron chi connectivity index (χ3n) is 2.57. The smallest absolute Gasteiger partial charge is 0.236 e. The highest BCUT2D eigenvalue weighted by molar-refractivity contribution is 8.01. The highest BCUT2D eigenvalue weighted by Gasteiger charge is 2.11. The summed E-state index contributed by atoms with van der Waals surface area (Å²) in [5.74, 6) is 0.149. The summed E-state index contributed by atoms with van der Waals surface area (Å²) in [7, 11) is 0. The molecule has 1 N–H and O–H groups in total. The molecule has 3 aromatic rings. The molecule has 9 heteroatoms. The maximum absolute atomic E-state index is 11.9. The molecule has 2 aromatic heterocycles. The largest absolute Gasteiger partial charge is 0.301 e. The van der Waals surface area contributed by atoms with E-state index in [2.05, 4.69) is 20.5 Å². The zero-order valence-corrected chi connectivity index (χ0v) is 14.2. The SMILES string of the molecule is O=C(CSc1nncs1)Nc1nc(-c2ccccc2Cl)cs1. The zero-order chi connectivity index (χ0) is 15.4. The lowest BCUT2D eigenvalue weighted by molar-refractivity contribution is -0.113. The van der Waals surface area contributed by atoms with Crippen LogP contribution in [0.1, 0.15) is 0 Å². The second-order valence-electron chi connectivity index (χ2n) is 4.06. The minimum Gasteiger partial charge on any atom is -0.301 e. The average molecular weight is 369 g/mol. The summed E-state index contributed by atoms with van der Waals surface area (Å²) in [6, 6.07) is 7.48. The molecule has 0 fully saturated rings. The summed E-state index contributed by atoms with van der Waals surface area (Å²) in [5, 5.41) is 13.4. The number of carbonyl (C=O) groups excluding carboxylic acids is 1. The van der Waals surface area contributed by atoms with Crippen molar-refractivity contribution in [2.75, 3.05) is 11.1 Å². The molecule has 2 heterocycles. The van der Waals surface area contributed by atoms with E-state index in [-0.39, 0.29) is 11.7 Å². The number of nitrogens with one attached hydrogen (secondary N) is 1. The minimum atomic E-state index is -0.125. The number of hydrogen-bond donors (Lipinski definition) is 1. The van der Waals surface area contributed by atoms with Crippen molar-refractivity contribution < 1.29 is 4.79 Å². The normalized spacial score (nSPS) is 10.6. The van der Waals surface area contributed by atoms with Gasteiger partial charge in [0.2, 0.25) is 5.91 Å². The van der Waals surface area contributed by atoms with Gasteiger partial charge >= 0.3 is 0 Å². The molecule has 0 atom stereocenters. The number of carbonyl (C=O) groups is 1. The molecule has 0 unspecified atom stereocenters. The predicted octanol–water partition coefficient (Wildman–Crippen LogP) is 4.05. The van der Waals surface area contributed by atoms with Crippen LogP contribution in [0.15, 0.2) is 39.5 Å². The Bertz CT molecular complexity index is 775. The monoisotopic (exact) mass is 368 g/mol. The summed E-state index contributed by atoms with van der Waals surface area (Å²) < 4.78 is 0.769. The van der Waals surface area contributed by atoms with E-state index in [1.165, 1.54) is 34.4 Å². The molecule has 0 bridgehead atoms. The summed E-state index contributed by atoms with van der Waals surface area (Å²) in [5.41, 5.74) is 3.24. The Labute approximate surface area is 143 Å². The Morgan fingerprint density at radius 2 is 2.18 bits per heavy atom. The van der Waals surface area contributed by atoms with Gasteiger partial charge in [0.25, 0.3) is 0 Å². The van der Waals surface area contributed by atoms with Gasteiger partial charge in [-0.15, -0.1) is 21.5 Å². The molecule has 0 aliphatic heterocycles. The van der Waals surface area contributed by atoms with Crippen LogP contribution in [0.4, 0.5) is 5.13 Å². The van der Waals surface area contributed by atoms with Gasteiger partial charge in [0.05, 0.1) is 11.4 Å². The topological polar surface area (TPSA) is 67.8 Å². The van der Waals surface area contributed by atoms with Crippen LogP contribution < -0.4 is 5.32 Å². The van der Waals surface area contributed by atoms with E-state index < -0.39 is 0 Å². The van der Waals surface area contributed by atoms with Crippen LogP contribution in [0.5, 0.6) is 0 Å². The fourth-order valence-corrected chi connectivity index (χ4v) is 3.88. The van der Waals surface area contributed by atoms with E-state index in [0.29, 0.717) is 10.2 Å². The van der Waals surface area contributed by atoms with Crippen LogP contribution in [0.3, 0.4) is 0 Å². The molecule has 0 radical (unpaired) electrons. The lowest BCUT2D eigenvalue weighted by Crippen LogP contribution is -2.13. The number of rotatable bonds is 5.